The van der Waals surface area contributed by atoms with Crippen molar-refractivity contribution in [3.05, 3.63) is 95.8 Å². The summed E-state index contributed by atoms with van der Waals surface area (Å²) in [6.07, 6.45) is 0. The van der Waals surface area contributed by atoms with Crippen LogP contribution < -0.4 is 5.32 Å². The van der Waals surface area contributed by atoms with E-state index in [1.807, 2.05) is 24.3 Å². The van der Waals surface area contributed by atoms with E-state index in [0.717, 1.165) is 33.4 Å². The van der Waals surface area contributed by atoms with Crippen LogP contribution in [0, 0.1) is 5.82 Å². The number of ether oxygens (including phenoxy) is 1. The predicted octanol–water partition coefficient (Wildman–Crippen LogP) is 6.00. The number of nitrogens with zero attached hydrogens (tertiary/aromatic N) is 1. The van der Waals surface area contributed by atoms with E-state index in [9.17, 15) is 9.18 Å². The first kappa shape index (κ1) is 19.6. The summed E-state index contributed by atoms with van der Waals surface area (Å²) in [7, 11) is 1.36. The minimum absolute atomic E-state index is 0.0217. The second-order valence-corrected chi connectivity index (χ2v) is 7.07. The maximum atomic E-state index is 13.5. The second kappa shape index (κ2) is 8.33. The number of hydrogen-bond donors (Lipinski definition) is 1. The highest BCUT2D eigenvalue weighted by Gasteiger charge is 2.14. The molecule has 0 spiro atoms. The summed E-state index contributed by atoms with van der Waals surface area (Å²) >= 11 is 0. The van der Waals surface area contributed by atoms with Gasteiger partial charge in [0.15, 0.2) is 0 Å². The smallest absolute Gasteiger partial charge is 0.337 e. The highest BCUT2D eigenvalue weighted by atomic mass is 19.1. The van der Waals surface area contributed by atoms with Crippen molar-refractivity contribution in [1.29, 1.82) is 0 Å². The third-order valence-corrected chi connectivity index (χ3v) is 5.03. The molecule has 5 heteroatoms. The molecular formula is C25H21FN2O2. The molecule has 0 saturated heterocycles. The van der Waals surface area contributed by atoms with Gasteiger partial charge < -0.3 is 10.1 Å². The van der Waals surface area contributed by atoms with E-state index in [2.05, 4.69) is 24.4 Å². The topological polar surface area (TPSA) is 51.2 Å². The number of anilines is 1. The maximum Gasteiger partial charge on any atom is 0.337 e. The highest BCUT2D eigenvalue weighted by Crippen LogP contribution is 2.32. The quantitative estimate of drug-likeness (QED) is 0.418. The monoisotopic (exact) mass is 400 g/mol. The van der Waals surface area contributed by atoms with Crippen molar-refractivity contribution in [3.8, 4) is 11.3 Å². The summed E-state index contributed by atoms with van der Waals surface area (Å²) < 4.78 is 18.3. The van der Waals surface area contributed by atoms with E-state index in [1.54, 1.807) is 30.3 Å². The maximum absolute atomic E-state index is 13.5. The number of methoxy groups -OCH3 is 1. The van der Waals surface area contributed by atoms with Crippen molar-refractivity contribution >= 4 is 22.6 Å². The van der Waals surface area contributed by atoms with Crippen molar-refractivity contribution in [2.24, 2.45) is 0 Å². The molecular weight excluding hydrogens is 379 g/mol. The van der Waals surface area contributed by atoms with Gasteiger partial charge in [-0.1, -0.05) is 30.3 Å². The summed E-state index contributed by atoms with van der Waals surface area (Å²) in [4.78, 5) is 16.7. The van der Waals surface area contributed by atoms with Crippen molar-refractivity contribution < 1.29 is 13.9 Å². The number of pyridine rings is 1. The third kappa shape index (κ3) is 4.01. The molecule has 30 heavy (non-hydrogen) atoms. The number of rotatable bonds is 5. The van der Waals surface area contributed by atoms with E-state index in [0.29, 0.717) is 5.56 Å². The Morgan fingerprint density at radius 1 is 1.00 bits per heavy atom. The molecule has 0 aliphatic rings. The lowest BCUT2D eigenvalue weighted by molar-refractivity contribution is 0.0601. The zero-order chi connectivity index (χ0) is 21.1. The van der Waals surface area contributed by atoms with Crippen LogP contribution >= 0.6 is 0 Å². The first-order chi connectivity index (χ1) is 14.5. The van der Waals surface area contributed by atoms with Gasteiger partial charge in [-0.3, -0.25) is 0 Å². The van der Waals surface area contributed by atoms with Gasteiger partial charge in [0.05, 0.1) is 29.6 Å². The molecule has 1 atom stereocenters. The molecule has 4 nitrogen and oxygen atoms in total. The SMILES string of the molecule is COC(=O)c1ccc2nc(-c3ccc(F)cc3)c(N[C@@H](C)c3ccccc3)cc2c1. The van der Waals surface area contributed by atoms with Gasteiger partial charge in [-0.15, -0.1) is 0 Å². The average molecular weight is 400 g/mol. The summed E-state index contributed by atoms with van der Waals surface area (Å²) in [5.41, 5.74) is 4.65. The molecule has 3 aromatic carbocycles. The lowest BCUT2D eigenvalue weighted by Crippen LogP contribution is -2.08. The number of halogens is 1. The molecule has 0 fully saturated rings. The summed E-state index contributed by atoms with van der Waals surface area (Å²) in [6, 6.07) is 23.6. The first-order valence-electron chi connectivity index (χ1n) is 9.65. The Balaban J connectivity index is 1.83. The molecule has 0 amide bonds. The second-order valence-electron chi connectivity index (χ2n) is 7.07. The molecule has 0 saturated carbocycles. The zero-order valence-electron chi connectivity index (χ0n) is 16.7. The van der Waals surface area contributed by atoms with Crippen LogP contribution in [0.2, 0.25) is 0 Å². The number of benzene rings is 3. The van der Waals surface area contributed by atoms with Gasteiger partial charge in [-0.25, -0.2) is 14.2 Å². The Morgan fingerprint density at radius 3 is 2.43 bits per heavy atom. The van der Waals surface area contributed by atoms with Crippen LogP contribution in [0.25, 0.3) is 22.2 Å². The van der Waals surface area contributed by atoms with Crippen LogP contribution in [0.1, 0.15) is 28.9 Å². The molecule has 0 aliphatic heterocycles. The van der Waals surface area contributed by atoms with Gasteiger partial charge in [0.1, 0.15) is 5.82 Å². The average Bonchev–Trinajstić information content (AvgIpc) is 2.79. The summed E-state index contributed by atoms with van der Waals surface area (Å²) in [5.74, 6) is -0.693. The van der Waals surface area contributed by atoms with Crippen molar-refractivity contribution in [1.82, 2.24) is 4.98 Å². The molecule has 0 aliphatic carbocycles. The molecule has 1 heterocycles. The number of carbonyl (C=O) groups is 1. The van der Waals surface area contributed by atoms with Gasteiger partial charge in [0, 0.05) is 17.0 Å². The fraction of sp³-hybridized carbons (Fsp3) is 0.120. The third-order valence-electron chi connectivity index (χ3n) is 5.03. The molecule has 0 unspecified atom stereocenters. The summed E-state index contributed by atoms with van der Waals surface area (Å²) in [5, 5.41) is 4.33. The van der Waals surface area contributed by atoms with Crippen molar-refractivity contribution in [3.63, 3.8) is 0 Å². The lowest BCUT2D eigenvalue weighted by Gasteiger charge is -2.19. The standard InChI is InChI=1S/C25H21FN2O2/c1-16(17-6-4-3-5-7-17)27-23-15-20-14-19(25(29)30-2)10-13-22(20)28-24(23)18-8-11-21(26)12-9-18/h3-16,27H,1-2H3/t16-/m0/s1. The van der Waals surface area contributed by atoms with E-state index < -0.39 is 5.97 Å². The molecule has 1 N–H and O–H groups in total. The number of hydrogen-bond acceptors (Lipinski definition) is 4. The van der Waals surface area contributed by atoms with Crippen molar-refractivity contribution in [2.75, 3.05) is 12.4 Å². The zero-order valence-corrected chi connectivity index (χ0v) is 16.7. The molecule has 150 valence electrons. The normalized spacial score (nSPS) is 11.8. The fourth-order valence-electron chi connectivity index (χ4n) is 3.42. The number of fused-ring (bicyclic) bond motifs is 1. The van der Waals surface area contributed by atoms with Gasteiger partial charge in [0.2, 0.25) is 0 Å². The van der Waals surface area contributed by atoms with Crippen LogP contribution in [-0.2, 0) is 4.74 Å². The molecule has 4 rings (SSSR count). The van der Waals surface area contributed by atoms with Gasteiger partial charge in [-0.05, 0) is 61.0 Å². The Kier molecular flexibility index (Phi) is 5.44. The Labute approximate surface area is 174 Å². The fourth-order valence-corrected chi connectivity index (χ4v) is 3.42. The largest absolute Gasteiger partial charge is 0.465 e. The van der Waals surface area contributed by atoms with E-state index in [1.165, 1.54) is 19.2 Å². The minimum Gasteiger partial charge on any atom is -0.465 e. The number of aromatic nitrogens is 1. The predicted molar refractivity (Wildman–Crippen MR) is 117 cm³/mol. The number of esters is 1. The summed E-state index contributed by atoms with van der Waals surface area (Å²) in [6.45, 7) is 2.07. The lowest BCUT2D eigenvalue weighted by atomic mass is 10.0. The van der Waals surface area contributed by atoms with E-state index in [4.69, 9.17) is 9.72 Å². The van der Waals surface area contributed by atoms with Crippen LogP contribution in [0.4, 0.5) is 10.1 Å². The molecule has 0 radical (unpaired) electrons. The highest BCUT2D eigenvalue weighted by molar-refractivity contribution is 5.96. The molecule has 4 aromatic rings. The van der Waals surface area contributed by atoms with Gasteiger partial charge in [0.25, 0.3) is 0 Å². The molecule has 0 bridgehead atoms. The van der Waals surface area contributed by atoms with E-state index >= 15 is 0 Å². The van der Waals surface area contributed by atoms with Gasteiger partial charge >= 0.3 is 5.97 Å². The Bertz CT molecular complexity index is 1190. The van der Waals surface area contributed by atoms with Crippen LogP contribution in [0.15, 0.2) is 78.9 Å². The van der Waals surface area contributed by atoms with Crippen LogP contribution in [-0.4, -0.2) is 18.1 Å². The Hall–Kier alpha value is -3.73. The first-order valence-corrected chi connectivity index (χ1v) is 9.65. The number of nitrogens with one attached hydrogen (secondary N) is 1. The van der Waals surface area contributed by atoms with Crippen LogP contribution in [0.5, 0.6) is 0 Å². The van der Waals surface area contributed by atoms with Crippen LogP contribution in [0.3, 0.4) is 0 Å². The Morgan fingerprint density at radius 2 is 1.73 bits per heavy atom. The van der Waals surface area contributed by atoms with Gasteiger partial charge in [-0.2, -0.15) is 0 Å². The molecule has 1 aromatic heterocycles. The van der Waals surface area contributed by atoms with E-state index in [-0.39, 0.29) is 11.9 Å². The minimum atomic E-state index is -0.397. The number of carbonyl (C=O) groups excluding carboxylic acids is 1. The van der Waals surface area contributed by atoms with Crippen molar-refractivity contribution in [2.45, 2.75) is 13.0 Å².